The number of aromatic nitrogens is 3. The number of aryl methyl sites for hydroxylation is 1. The smallest absolute Gasteiger partial charge is 0.191 e. The largest absolute Gasteiger partial charge is 0.383 e. The molecule has 6 nitrogen and oxygen atoms in total. The average Bonchev–Trinajstić information content (AvgIpc) is 2.87. The van der Waals surface area contributed by atoms with Gasteiger partial charge in [0.2, 0.25) is 0 Å². The van der Waals surface area contributed by atoms with Gasteiger partial charge < -0.3 is 16.0 Å². The number of carbonyl (C=O) groups excluding carboxylic acids is 1. The summed E-state index contributed by atoms with van der Waals surface area (Å²) in [4.78, 5) is 20.7. The Balaban J connectivity index is 1.85. The first-order chi connectivity index (χ1) is 12.4. The zero-order valence-corrected chi connectivity index (χ0v) is 15.2. The van der Waals surface area contributed by atoms with Crippen LogP contribution >= 0.6 is 11.8 Å². The van der Waals surface area contributed by atoms with Gasteiger partial charge in [-0.15, -0.1) is 0 Å². The third-order valence-corrected chi connectivity index (χ3v) is 4.75. The third kappa shape index (κ3) is 3.55. The summed E-state index contributed by atoms with van der Waals surface area (Å²) >= 11 is 1.16. The molecule has 26 heavy (non-hydrogen) atoms. The van der Waals surface area contributed by atoms with Crippen molar-refractivity contribution in [1.82, 2.24) is 14.5 Å². The van der Waals surface area contributed by atoms with E-state index in [1.807, 2.05) is 6.92 Å². The van der Waals surface area contributed by atoms with Crippen LogP contribution in [0.2, 0.25) is 0 Å². The summed E-state index contributed by atoms with van der Waals surface area (Å²) in [6.07, 6.45) is 0. The number of nitrogen functional groups attached to an aromatic ring is 2. The van der Waals surface area contributed by atoms with E-state index in [0.29, 0.717) is 22.1 Å². The number of Topliss-reactive ketones (excluding diaryl/α,β-unsaturated/α-hetero) is 1. The van der Waals surface area contributed by atoms with E-state index < -0.39 is 0 Å². The van der Waals surface area contributed by atoms with E-state index in [0.717, 1.165) is 17.5 Å². The lowest BCUT2D eigenvalue weighted by molar-refractivity contribution is 0.102. The van der Waals surface area contributed by atoms with Crippen molar-refractivity contribution in [3.05, 3.63) is 59.2 Å². The predicted octanol–water partition coefficient (Wildman–Crippen LogP) is 3.16. The number of para-hydroxylation sites is 1. The summed E-state index contributed by atoms with van der Waals surface area (Å²) in [6, 6.07) is 9.69. The molecule has 4 N–H and O–H groups in total. The van der Waals surface area contributed by atoms with Crippen LogP contribution in [0.5, 0.6) is 0 Å². The van der Waals surface area contributed by atoms with Gasteiger partial charge in [0, 0.05) is 23.0 Å². The molecule has 0 amide bonds. The van der Waals surface area contributed by atoms with Gasteiger partial charge in [0.1, 0.15) is 17.5 Å². The lowest BCUT2D eigenvalue weighted by Crippen LogP contribution is -2.07. The number of rotatable bonds is 5. The zero-order valence-electron chi connectivity index (χ0n) is 14.4. The highest BCUT2D eigenvalue weighted by atomic mass is 32.2. The maximum absolute atomic E-state index is 14.1. The topological polar surface area (TPSA) is 99.8 Å². The molecule has 1 aromatic carbocycles. The summed E-state index contributed by atoms with van der Waals surface area (Å²) in [6.45, 7) is 3.64. The Labute approximate surface area is 154 Å². The van der Waals surface area contributed by atoms with Crippen molar-refractivity contribution in [3.8, 4) is 5.69 Å². The maximum atomic E-state index is 14.1. The van der Waals surface area contributed by atoms with Crippen LogP contribution in [-0.2, 0) is 0 Å². The average molecular weight is 371 g/mol. The van der Waals surface area contributed by atoms with Gasteiger partial charge in [0.25, 0.3) is 0 Å². The maximum Gasteiger partial charge on any atom is 0.191 e. The molecule has 3 rings (SSSR count). The molecule has 0 atom stereocenters. The van der Waals surface area contributed by atoms with Crippen LogP contribution in [0.25, 0.3) is 5.69 Å². The summed E-state index contributed by atoms with van der Waals surface area (Å²) in [5.74, 6) is 0.196. The second-order valence-corrected chi connectivity index (χ2v) is 6.73. The quantitative estimate of drug-likeness (QED) is 0.406. The van der Waals surface area contributed by atoms with Crippen LogP contribution in [0.1, 0.15) is 21.7 Å². The number of hydrogen-bond acceptors (Lipinski definition) is 6. The fourth-order valence-corrected chi connectivity index (χ4v) is 3.54. The minimum Gasteiger partial charge on any atom is -0.383 e. The monoisotopic (exact) mass is 371 g/mol. The van der Waals surface area contributed by atoms with Crippen LogP contribution in [0.3, 0.4) is 0 Å². The van der Waals surface area contributed by atoms with Crippen LogP contribution in [-0.4, -0.2) is 26.1 Å². The van der Waals surface area contributed by atoms with E-state index in [1.54, 1.807) is 35.8 Å². The molecule has 3 aromatic rings. The van der Waals surface area contributed by atoms with Crippen molar-refractivity contribution in [2.45, 2.75) is 19.0 Å². The first-order valence-corrected chi connectivity index (χ1v) is 8.85. The van der Waals surface area contributed by atoms with E-state index in [2.05, 4.69) is 9.97 Å². The number of halogens is 1. The van der Waals surface area contributed by atoms with Crippen molar-refractivity contribution in [3.63, 3.8) is 0 Å². The van der Waals surface area contributed by atoms with Crippen molar-refractivity contribution in [1.29, 1.82) is 0 Å². The predicted molar refractivity (Wildman–Crippen MR) is 101 cm³/mol. The molecule has 0 bridgehead atoms. The molecular weight excluding hydrogens is 353 g/mol. The van der Waals surface area contributed by atoms with E-state index >= 15 is 0 Å². The normalized spacial score (nSPS) is 10.9. The van der Waals surface area contributed by atoms with Gasteiger partial charge in [0.15, 0.2) is 10.9 Å². The van der Waals surface area contributed by atoms with E-state index in [1.165, 1.54) is 12.1 Å². The summed E-state index contributed by atoms with van der Waals surface area (Å²) < 4.78 is 15.9. The molecule has 8 heteroatoms. The molecule has 0 radical (unpaired) electrons. The molecule has 0 spiro atoms. The molecule has 0 aliphatic heterocycles. The minimum absolute atomic E-state index is 0.102. The van der Waals surface area contributed by atoms with Crippen molar-refractivity contribution in [2.75, 3.05) is 17.2 Å². The Kier molecular flexibility index (Phi) is 4.94. The van der Waals surface area contributed by atoms with Gasteiger partial charge in [-0.2, -0.15) is 0 Å². The molecule has 0 aliphatic rings. The van der Waals surface area contributed by atoms with Crippen molar-refractivity contribution in [2.24, 2.45) is 0 Å². The van der Waals surface area contributed by atoms with Gasteiger partial charge in [-0.3, -0.25) is 4.79 Å². The van der Waals surface area contributed by atoms with Gasteiger partial charge >= 0.3 is 0 Å². The molecule has 0 saturated heterocycles. The van der Waals surface area contributed by atoms with Crippen molar-refractivity contribution < 1.29 is 9.18 Å². The Hall–Kier alpha value is -2.87. The first kappa shape index (κ1) is 17.9. The van der Waals surface area contributed by atoms with Crippen LogP contribution in [0.15, 0.2) is 41.6 Å². The van der Waals surface area contributed by atoms with Gasteiger partial charge in [-0.1, -0.05) is 23.9 Å². The fourth-order valence-electron chi connectivity index (χ4n) is 2.78. The van der Waals surface area contributed by atoms with Gasteiger partial charge in [0.05, 0.1) is 11.4 Å². The van der Waals surface area contributed by atoms with Crippen molar-refractivity contribution >= 4 is 29.2 Å². The fraction of sp³-hybridized carbons (Fsp3) is 0.167. The summed E-state index contributed by atoms with van der Waals surface area (Å²) in [5, 5.41) is 0.346. The first-order valence-electron chi connectivity index (χ1n) is 7.86. The molecule has 0 unspecified atom stereocenters. The highest BCUT2D eigenvalue weighted by molar-refractivity contribution is 7.99. The number of anilines is 2. The van der Waals surface area contributed by atoms with Crippen LogP contribution in [0, 0.1) is 19.7 Å². The van der Waals surface area contributed by atoms with Gasteiger partial charge in [-0.05, 0) is 32.0 Å². The molecular formula is C18H18FN5OS. The lowest BCUT2D eigenvalue weighted by atomic mass is 10.2. The number of benzene rings is 1. The summed E-state index contributed by atoms with van der Waals surface area (Å²) in [5.41, 5.74) is 13.7. The minimum atomic E-state index is -0.341. The second-order valence-electron chi connectivity index (χ2n) is 5.78. The highest BCUT2D eigenvalue weighted by Crippen LogP contribution is 2.25. The number of carbonyl (C=O) groups is 1. The Morgan fingerprint density at radius 2 is 1.81 bits per heavy atom. The third-order valence-electron chi connectivity index (χ3n) is 3.90. The number of ketones is 1. The highest BCUT2D eigenvalue weighted by Gasteiger charge is 2.18. The number of hydrogen-bond donors (Lipinski definition) is 2. The van der Waals surface area contributed by atoms with Crippen LogP contribution < -0.4 is 11.5 Å². The summed E-state index contributed by atoms with van der Waals surface area (Å²) in [7, 11) is 0. The SMILES string of the molecule is Cc1cc(C(=O)CSc2nc(N)cc(N)n2)c(C)n1-c1ccccc1F. The molecule has 2 aromatic heterocycles. The molecule has 0 fully saturated rings. The number of nitrogens with two attached hydrogens (primary N) is 2. The standard InChI is InChI=1S/C18H18FN5OS/c1-10-7-12(11(2)24(10)14-6-4-3-5-13(14)19)15(25)9-26-18-22-16(20)8-17(21)23-18/h3-8H,9H2,1-2H3,(H4,20,21,22,23). The zero-order chi connectivity index (χ0) is 18.8. The molecule has 2 heterocycles. The number of thioether (sulfide) groups is 1. The van der Waals surface area contributed by atoms with Gasteiger partial charge in [-0.25, -0.2) is 14.4 Å². The lowest BCUT2D eigenvalue weighted by Gasteiger charge is -2.10. The van der Waals surface area contributed by atoms with Crippen LogP contribution in [0.4, 0.5) is 16.0 Å². The Bertz CT molecular complexity index is 965. The Morgan fingerprint density at radius 1 is 1.15 bits per heavy atom. The molecule has 0 saturated carbocycles. The Morgan fingerprint density at radius 3 is 2.46 bits per heavy atom. The van der Waals surface area contributed by atoms with E-state index in [9.17, 15) is 9.18 Å². The number of nitrogens with zero attached hydrogens (tertiary/aromatic N) is 3. The van der Waals surface area contributed by atoms with E-state index in [-0.39, 0.29) is 29.0 Å². The second kappa shape index (κ2) is 7.17. The molecule has 134 valence electrons. The molecule has 0 aliphatic carbocycles. The van der Waals surface area contributed by atoms with E-state index in [4.69, 9.17) is 11.5 Å².